The van der Waals surface area contributed by atoms with E-state index in [1.807, 2.05) is 43.3 Å². The number of hydrogen-bond acceptors (Lipinski definition) is 5. The number of pyridine rings is 1. The van der Waals surface area contributed by atoms with Crippen LogP contribution in [0.4, 0.5) is 0 Å². The second-order valence-corrected chi connectivity index (χ2v) is 10.3. The lowest BCUT2D eigenvalue weighted by molar-refractivity contribution is -0.137. The zero-order valence-corrected chi connectivity index (χ0v) is 18.6. The fraction of sp³-hybridized carbons (Fsp3) is 0.130. The summed E-state index contributed by atoms with van der Waals surface area (Å²) >= 11 is 1.47. The maximum atomic E-state index is 11.8. The molecule has 8 heteroatoms. The minimum Gasteiger partial charge on any atom is -0.480 e. The molecule has 0 bridgehead atoms. The Hall–Kier alpha value is -3.10. The molecule has 0 atom stereocenters. The van der Waals surface area contributed by atoms with Gasteiger partial charge in [0.1, 0.15) is 6.54 Å². The number of carboxylic acid groups (broad SMARTS) is 1. The monoisotopic (exact) mass is 452 g/mol. The van der Waals surface area contributed by atoms with E-state index in [9.17, 15) is 18.3 Å². The van der Waals surface area contributed by atoms with Crippen LogP contribution in [-0.2, 0) is 21.2 Å². The second kappa shape index (κ2) is 8.20. The average molecular weight is 453 g/mol. The number of aromatic nitrogens is 2. The number of carbonyl (C=O) groups is 1. The van der Waals surface area contributed by atoms with Gasteiger partial charge < -0.3 is 9.67 Å². The molecule has 0 fully saturated rings. The van der Waals surface area contributed by atoms with Crippen LogP contribution in [0.2, 0.25) is 0 Å². The molecule has 0 unspecified atom stereocenters. The van der Waals surface area contributed by atoms with Gasteiger partial charge in [-0.05, 0) is 37.3 Å². The first kappa shape index (κ1) is 21.1. The minimum absolute atomic E-state index is 0.159. The zero-order chi connectivity index (χ0) is 22.2. The molecule has 4 rings (SSSR count). The van der Waals surface area contributed by atoms with Crippen LogP contribution in [0.3, 0.4) is 0 Å². The summed E-state index contributed by atoms with van der Waals surface area (Å²) in [5.41, 5.74) is 3.33. The number of benzene rings is 2. The summed E-state index contributed by atoms with van der Waals surface area (Å²) in [6.45, 7) is 1.74. The Morgan fingerprint density at radius 3 is 2.35 bits per heavy atom. The van der Waals surface area contributed by atoms with Crippen molar-refractivity contribution >= 4 is 38.5 Å². The molecule has 6 nitrogen and oxygen atoms in total. The lowest BCUT2D eigenvalue weighted by Gasteiger charge is -2.07. The third kappa shape index (κ3) is 4.22. The smallest absolute Gasteiger partial charge is 0.323 e. The molecule has 0 amide bonds. The van der Waals surface area contributed by atoms with Gasteiger partial charge >= 0.3 is 5.97 Å². The van der Waals surface area contributed by atoms with Crippen molar-refractivity contribution in [1.82, 2.24) is 9.55 Å². The maximum Gasteiger partial charge on any atom is 0.323 e. The standard InChI is InChI=1S/C23H20N2O4S2/c1-15-23(30-17-8-10-18(11-9-17)31(2,28)29)21-19(25(15)14-20(26)27)12-13-24-22(21)16-6-4-3-5-7-16/h3-13H,14H2,1-2H3,(H,26,27). The van der Waals surface area contributed by atoms with E-state index in [-0.39, 0.29) is 11.4 Å². The molecule has 2 aromatic carbocycles. The number of aliphatic carboxylic acids is 1. The van der Waals surface area contributed by atoms with Crippen LogP contribution in [-0.4, -0.2) is 35.3 Å². The van der Waals surface area contributed by atoms with Crippen molar-refractivity contribution in [2.24, 2.45) is 0 Å². The Balaban J connectivity index is 1.91. The van der Waals surface area contributed by atoms with Crippen LogP contribution in [0.15, 0.2) is 81.5 Å². The Morgan fingerprint density at radius 2 is 1.74 bits per heavy atom. The highest BCUT2D eigenvalue weighted by Crippen LogP contribution is 2.42. The van der Waals surface area contributed by atoms with E-state index in [0.29, 0.717) is 0 Å². The molecule has 0 aliphatic heterocycles. The van der Waals surface area contributed by atoms with Crippen molar-refractivity contribution in [3.05, 3.63) is 72.6 Å². The SMILES string of the molecule is Cc1c(Sc2ccc(S(C)(=O)=O)cc2)c2c(-c3ccccc3)nccc2n1CC(=O)O. The quantitative estimate of drug-likeness (QED) is 0.458. The number of carboxylic acids is 1. The first-order valence-electron chi connectivity index (χ1n) is 9.48. The van der Waals surface area contributed by atoms with Gasteiger partial charge in [-0.3, -0.25) is 9.78 Å². The van der Waals surface area contributed by atoms with Gasteiger partial charge in [0.2, 0.25) is 0 Å². The molecule has 0 saturated carbocycles. The summed E-state index contributed by atoms with van der Waals surface area (Å²) in [6.07, 6.45) is 2.87. The Labute approximate surface area is 184 Å². The Kier molecular flexibility index (Phi) is 5.60. The van der Waals surface area contributed by atoms with E-state index in [1.54, 1.807) is 35.0 Å². The predicted molar refractivity (Wildman–Crippen MR) is 121 cm³/mol. The first-order valence-corrected chi connectivity index (χ1v) is 12.2. The molecule has 1 N–H and O–H groups in total. The fourth-order valence-corrected chi connectivity index (χ4v) is 5.24. The molecule has 0 aliphatic carbocycles. The lowest BCUT2D eigenvalue weighted by Crippen LogP contribution is -2.09. The summed E-state index contributed by atoms with van der Waals surface area (Å²) in [6, 6.07) is 18.3. The zero-order valence-electron chi connectivity index (χ0n) is 16.9. The molecule has 0 radical (unpaired) electrons. The van der Waals surface area contributed by atoms with Crippen LogP contribution in [0.25, 0.3) is 22.2 Å². The highest BCUT2D eigenvalue weighted by molar-refractivity contribution is 7.99. The molecular formula is C23H20N2O4S2. The lowest BCUT2D eigenvalue weighted by atomic mass is 10.1. The number of sulfone groups is 1. The van der Waals surface area contributed by atoms with Crippen molar-refractivity contribution in [2.75, 3.05) is 6.26 Å². The highest BCUT2D eigenvalue weighted by atomic mass is 32.2. The van der Waals surface area contributed by atoms with Crippen LogP contribution >= 0.6 is 11.8 Å². The van der Waals surface area contributed by atoms with Gasteiger partial charge in [-0.1, -0.05) is 42.1 Å². The van der Waals surface area contributed by atoms with Gasteiger partial charge in [0, 0.05) is 38.9 Å². The number of hydrogen-bond donors (Lipinski definition) is 1. The summed E-state index contributed by atoms with van der Waals surface area (Å²) in [7, 11) is -3.28. The van der Waals surface area contributed by atoms with Crippen molar-refractivity contribution in [1.29, 1.82) is 0 Å². The second-order valence-electron chi connectivity index (χ2n) is 7.16. The van der Waals surface area contributed by atoms with Gasteiger partial charge in [0.25, 0.3) is 0 Å². The van der Waals surface area contributed by atoms with Gasteiger partial charge in [-0.15, -0.1) is 0 Å². The van der Waals surface area contributed by atoms with E-state index >= 15 is 0 Å². The topological polar surface area (TPSA) is 89.3 Å². The Bertz CT molecular complexity index is 1380. The van der Waals surface area contributed by atoms with Gasteiger partial charge in [-0.25, -0.2) is 8.42 Å². The number of nitrogens with zero attached hydrogens (tertiary/aromatic N) is 2. The Morgan fingerprint density at radius 1 is 1.06 bits per heavy atom. The van der Waals surface area contributed by atoms with E-state index in [2.05, 4.69) is 4.98 Å². The van der Waals surface area contributed by atoms with Gasteiger partial charge in [-0.2, -0.15) is 0 Å². The first-order chi connectivity index (χ1) is 14.8. The maximum absolute atomic E-state index is 11.8. The highest BCUT2D eigenvalue weighted by Gasteiger charge is 2.21. The molecule has 2 heterocycles. The van der Waals surface area contributed by atoms with Crippen molar-refractivity contribution in [3.8, 4) is 11.3 Å². The summed E-state index contributed by atoms with van der Waals surface area (Å²) in [5.74, 6) is -0.924. The van der Waals surface area contributed by atoms with Crippen molar-refractivity contribution in [3.63, 3.8) is 0 Å². The summed E-state index contributed by atoms with van der Waals surface area (Å²) < 4.78 is 25.3. The van der Waals surface area contributed by atoms with E-state index in [1.165, 1.54) is 18.0 Å². The minimum atomic E-state index is -3.28. The van der Waals surface area contributed by atoms with Crippen LogP contribution in [0.1, 0.15) is 5.69 Å². The van der Waals surface area contributed by atoms with Crippen LogP contribution < -0.4 is 0 Å². The van der Waals surface area contributed by atoms with Crippen LogP contribution in [0.5, 0.6) is 0 Å². The third-order valence-electron chi connectivity index (χ3n) is 4.99. The predicted octanol–water partition coefficient (Wildman–Crippen LogP) is 4.65. The third-order valence-corrected chi connectivity index (χ3v) is 7.33. The normalized spacial score (nSPS) is 11.7. The van der Waals surface area contributed by atoms with Gasteiger partial charge in [0.15, 0.2) is 9.84 Å². The van der Waals surface area contributed by atoms with E-state index in [4.69, 9.17) is 0 Å². The molecule has 31 heavy (non-hydrogen) atoms. The molecule has 2 aromatic heterocycles. The molecule has 158 valence electrons. The average Bonchev–Trinajstić information content (AvgIpc) is 2.99. The molecule has 0 aliphatic rings. The molecule has 0 saturated heterocycles. The molecule has 4 aromatic rings. The number of fused-ring (bicyclic) bond motifs is 1. The number of rotatable bonds is 6. The fourth-order valence-electron chi connectivity index (χ4n) is 3.54. The van der Waals surface area contributed by atoms with Crippen LogP contribution in [0, 0.1) is 6.92 Å². The van der Waals surface area contributed by atoms with Crippen molar-refractivity contribution < 1.29 is 18.3 Å². The van der Waals surface area contributed by atoms with E-state index < -0.39 is 15.8 Å². The summed E-state index contributed by atoms with van der Waals surface area (Å²) in [4.78, 5) is 18.1. The largest absolute Gasteiger partial charge is 0.480 e. The van der Waals surface area contributed by atoms with Crippen molar-refractivity contribution in [2.45, 2.75) is 28.2 Å². The molecular weight excluding hydrogens is 432 g/mol. The van der Waals surface area contributed by atoms with Gasteiger partial charge in [0.05, 0.1) is 16.1 Å². The summed E-state index contributed by atoms with van der Waals surface area (Å²) in [5, 5.41) is 10.3. The molecule has 0 spiro atoms. The van der Waals surface area contributed by atoms with E-state index in [0.717, 1.165) is 37.6 Å².